The summed E-state index contributed by atoms with van der Waals surface area (Å²) in [6.07, 6.45) is 3.57. The Hall–Kier alpha value is -2.21. The molecular formula is C18H21N3O3. The van der Waals surface area contributed by atoms with Crippen LogP contribution in [-0.4, -0.2) is 45.9 Å². The zero-order valence-corrected chi connectivity index (χ0v) is 13.8. The Morgan fingerprint density at radius 2 is 2.08 bits per heavy atom. The molecule has 1 aliphatic carbocycles. The number of benzene rings is 1. The van der Waals surface area contributed by atoms with Crippen molar-refractivity contribution in [3.63, 3.8) is 0 Å². The SMILES string of the molecule is Cn1nc(CC(=O)N2CCOC3CCCC32)c2ccccc2c1=O. The summed E-state index contributed by atoms with van der Waals surface area (Å²) in [6.45, 7) is 1.25. The van der Waals surface area contributed by atoms with E-state index in [1.807, 2.05) is 23.1 Å². The number of ether oxygens (including phenoxy) is 1. The molecule has 2 aliphatic rings. The highest BCUT2D eigenvalue weighted by molar-refractivity contribution is 5.88. The van der Waals surface area contributed by atoms with Gasteiger partial charge >= 0.3 is 0 Å². The number of aryl methyl sites for hydroxylation is 1. The summed E-state index contributed by atoms with van der Waals surface area (Å²) >= 11 is 0. The number of morpholine rings is 1. The van der Waals surface area contributed by atoms with Crippen LogP contribution in [0.3, 0.4) is 0 Å². The average molecular weight is 327 g/mol. The third kappa shape index (κ3) is 2.51. The molecule has 0 spiro atoms. The number of hydrogen-bond acceptors (Lipinski definition) is 4. The van der Waals surface area contributed by atoms with Gasteiger partial charge in [-0.3, -0.25) is 9.59 Å². The monoisotopic (exact) mass is 327 g/mol. The molecule has 6 heteroatoms. The molecule has 2 heterocycles. The van der Waals surface area contributed by atoms with E-state index in [0.717, 1.165) is 24.6 Å². The van der Waals surface area contributed by atoms with Crippen molar-refractivity contribution in [3.8, 4) is 0 Å². The van der Waals surface area contributed by atoms with E-state index in [-0.39, 0.29) is 30.0 Å². The molecule has 126 valence electrons. The molecule has 2 unspecified atom stereocenters. The van der Waals surface area contributed by atoms with Crippen LogP contribution in [-0.2, 0) is 23.0 Å². The Balaban J connectivity index is 1.66. The lowest BCUT2D eigenvalue weighted by molar-refractivity contribution is -0.143. The number of rotatable bonds is 2. The van der Waals surface area contributed by atoms with Gasteiger partial charge in [-0.25, -0.2) is 4.68 Å². The molecule has 0 N–H and O–H groups in total. The average Bonchev–Trinajstić information content (AvgIpc) is 3.08. The minimum Gasteiger partial charge on any atom is -0.374 e. The second-order valence-corrected chi connectivity index (χ2v) is 6.59. The number of carbonyl (C=O) groups excluding carboxylic acids is 1. The van der Waals surface area contributed by atoms with Crippen molar-refractivity contribution >= 4 is 16.7 Å². The van der Waals surface area contributed by atoms with Gasteiger partial charge in [0.15, 0.2) is 0 Å². The first kappa shape index (κ1) is 15.3. The number of nitrogens with zero attached hydrogens (tertiary/aromatic N) is 3. The Morgan fingerprint density at radius 3 is 2.92 bits per heavy atom. The molecule has 1 aromatic carbocycles. The van der Waals surface area contributed by atoms with E-state index in [1.54, 1.807) is 13.1 Å². The topological polar surface area (TPSA) is 64.4 Å². The number of carbonyl (C=O) groups is 1. The number of amides is 1. The van der Waals surface area contributed by atoms with E-state index in [0.29, 0.717) is 24.2 Å². The van der Waals surface area contributed by atoms with Crippen molar-refractivity contribution in [3.05, 3.63) is 40.3 Å². The Labute approximate surface area is 140 Å². The van der Waals surface area contributed by atoms with Crippen molar-refractivity contribution in [2.75, 3.05) is 13.2 Å². The summed E-state index contributed by atoms with van der Waals surface area (Å²) in [6, 6.07) is 7.56. The van der Waals surface area contributed by atoms with Gasteiger partial charge in [-0.05, 0) is 25.3 Å². The van der Waals surface area contributed by atoms with E-state index >= 15 is 0 Å². The Kier molecular flexibility index (Phi) is 3.84. The smallest absolute Gasteiger partial charge is 0.274 e. The second kappa shape index (κ2) is 6.02. The van der Waals surface area contributed by atoms with E-state index in [9.17, 15) is 9.59 Å². The third-order valence-electron chi connectivity index (χ3n) is 5.15. The minimum atomic E-state index is -0.135. The maximum absolute atomic E-state index is 12.9. The molecule has 2 atom stereocenters. The molecule has 2 fully saturated rings. The maximum Gasteiger partial charge on any atom is 0.274 e. The lowest BCUT2D eigenvalue weighted by Crippen LogP contribution is -2.51. The van der Waals surface area contributed by atoms with E-state index in [1.165, 1.54) is 4.68 Å². The lowest BCUT2D eigenvalue weighted by atomic mass is 10.1. The van der Waals surface area contributed by atoms with Crippen LogP contribution >= 0.6 is 0 Å². The molecular weight excluding hydrogens is 306 g/mol. The predicted molar refractivity (Wildman–Crippen MR) is 89.8 cm³/mol. The highest BCUT2D eigenvalue weighted by Gasteiger charge is 2.38. The van der Waals surface area contributed by atoms with Gasteiger partial charge in [-0.1, -0.05) is 18.2 Å². The normalized spacial score (nSPS) is 23.5. The van der Waals surface area contributed by atoms with Crippen molar-refractivity contribution < 1.29 is 9.53 Å². The molecule has 0 bridgehead atoms. The fourth-order valence-corrected chi connectivity index (χ4v) is 3.99. The van der Waals surface area contributed by atoms with Gasteiger partial charge in [0, 0.05) is 19.0 Å². The molecule has 0 radical (unpaired) electrons. The van der Waals surface area contributed by atoms with Crippen molar-refractivity contribution in [2.45, 2.75) is 37.8 Å². The van der Waals surface area contributed by atoms with E-state index < -0.39 is 0 Å². The van der Waals surface area contributed by atoms with Gasteiger partial charge in [-0.15, -0.1) is 0 Å². The molecule has 6 nitrogen and oxygen atoms in total. The summed E-state index contributed by atoms with van der Waals surface area (Å²) in [5, 5.41) is 5.73. The van der Waals surface area contributed by atoms with Crippen molar-refractivity contribution in [1.29, 1.82) is 0 Å². The van der Waals surface area contributed by atoms with Gasteiger partial charge in [0.1, 0.15) is 0 Å². The summed E-state index contributed by atoms with van der Waals surface area (Å²) in [5.41, 5.74) is 0.530. The molecule has 1 aromatic heterocycles. The minimum absolute atomic E-state index is 0.0755. The Bertz CT molecular complexity index is 845. The first-order valence-corrected chi connectivity index (χ1v) is 8.51. The fraction of sp³-hybridized carbons (Fsp3) is 0.500. The lowest BCUT2D eigenvalue weighted by Gasteiger charge is -2.37. The summed E-state index contributed by atoms with van der Waals surface area (Å²) in [4.78, 5) is 27.1. The van der Waals surface area contributed by atoms with Crippen LogP contribution in [0.1, 0.15) is 25.0 Å². The highest BCUT2D eigenvalue weighted by atomic mass is 16.5. The number of aromatic nitrogens is 2. The first-order chi connectivity index (χ1) is 11.6. The molecule has 1 aliphatic heterocycles. The van der Waals surface area contributed by atoms with Gasteiger partial charge in [-0.2, -0.15) is 5.10 Å². The van der Waals surface area contributed by atoms with E-state index in [2.05, 4.69) is 5.10 Å². The van der Waals surface area contributed by atoms with Crippen LogP contribution < -0.4 is 5.56 Å². The van der Waals surface area contributed by atoms with Crippen molar-refractivity contribution in [2.24, 2.45) is 7.05 Å². The number of hydrogen-bond donors (Lipinski definition) is 0. The van der Waals surface area contributed by atoms with Crippen LogP contribution in [0, 0.1) is 0 Å². The molecule has 1 saturated carbocycles. The summed E-state index contributed by atoms with van der Waals surface area (Å²) in [7, 11) is 1.63. The largest absolute Gasteiger partial charge is 0.374 e. The molecule has 24 heavy (non-hydrogen) atoms. The standard InChI is InChI=1S/C18H21N3O3/c1-20-18(23)13-6-3-2-5-12(13)14(19-20)11-17(22)21-9-10-24-16-8-4-7-15(16)21/h2-3,5-6,15-16H,4,7-11H2,1H3. The summed E-state index contributed by atoms with van der Waals surface area (Å²) < 4.78 is 7.10. The van der Waals surface area contributed by atoms with Gasteiger partial charge in [0.2, 0.25) is 5.91 Å². The van der Waals surface area contributed by atoms with Crippen molar-refractivity contribution in [1.82, 2.24) is 14.7 Å². The van der Waals surface area contributed by atoms with Crippen LogP contribution in [0.25, 0.3) is 10.8 Å². The summed E-state index contributed by atoms with van der Waals surface area (Å²) in [5.74, 6) is 0.0755. The zero-order valence-electron chi connectivity index (χ0n) is 13.8. The maximum atomic E-state index is 12.9. The van der Waals surface area contributed by atoms with Gasteiger partial charge < -0.3 is 9.64 Å². The van der Waals surface area contributed by atoms with Crippen LogP contribution in [0.5, 0.6) is 0 Å². The quantitative estimate of drug-likeness (QED) is 0.833. The molecule has 1 amide bonds. The van der Waals surface area contributed by atoms with Crippen LogP contribution in [0.4, 0.5) is 0 Å². The molecule has 1 saturated heterocycles. The zero-order chi connectivity index (χ0) is 16.7. The second-order valence-electron chi connectivity index (χ2n) is 6.59. The van der Waals surface area contributed by atoms with Crippen LogP contribution in [0.15, 0.2) is 29.1 Å². The van der Waals surface area contributed by atoms with Crippen LogP contribution in [0.2, 0.25) is 0 Å². The predicted octanol–water partition coefficient (Wildman–Crippen LogP) is 1.26. The van der Waals surface area contributed by atoms with E-state index in [4.69, 9.17) is 4.74 Å². The van der Waals surface area contributed by atoms with Gasteiger partial charge in [0.05, 0.1) is 36.3 Å². The highest BCUT2D eigenvalue weighted by Crippen LogP contribution is 2.30. The molecule has 4 rings (SSSR count). The molecule has 2 aromatic rings. The third-order valence-corrected chi connectivity index (χ3v) is 5.15. The fourth-order valence-electron chi connectivity index (χ4n) is 3.99. The Morgan fingerprint density at radius 1 is 1.29 bits per heavy atom. The van der Waals surface area contributed by atoms with Gasteiger partial charge in [0.25, 0.3) is 5.56 Å². The first-order valence-electron chi connectivity index (χ1n) is 8.51. The number of fused-ring (bicyclic) bond motifs is 2.